The normalized spacial score (nSPS) is 12.7. The van der Waals surface area contributed by atoms with Crippen LogP contribution in [0.4, 0.5) is 0 Å². The Hall–Kier alpha value is -2.34. The summed E-state index contributed by atoms with van der Waals surface area (Å²) in [5, 5.41) is 2.96. The van der Waals surface area contributed by atoms with Crippen LogP contribution in [-0.4, -0.2) is 35.4 Å². The Morgan fingerprint density at radius 1 is 1.14 bits per heavy atom. The number of carbonyl (C=O) groups excluding carboxylic acids is 2. The second kappa shape index (κ2) is 11.0. The molecule has 2 atom stereocenters. The lowest BCUT2D eigenvalue weighted by Crippen LogP contribution is -2.50. The van der Waals surface area contributed by atoms with E-state index in [4.69, 9.17) is 4.74 Å². The predicted octanol–water partition coefficient (Wildman–Crippen LogP) is 4.47. The van der Waals surface area contributed by atoms with E-state index in [2.05, 4.69) is 21.2 Å². The molecule has 2 aromatic carbocycles. The van der Waals surface area contributed by atoms with Crippen LogP contribution < -0.4 is 10.1 Å². The van der Waals surface area contributed by atoms with E-state index in [1.807, 2.05) is 69.3 Å². The second-order valence-electron chi connectivity index (χ2n) is 7.25. The number of carbonyl (C=O) groups is 2. The van der Waals surface area contributed by atoms with Crippen molar-refractivity contribution in [1.82, 2.24) is 10.2 Å². The number of nitrogens with one attached hydrogen (secondary N) is 1. The summed E-state index contributed by atoms with van der Waals surface area (Å²) in [4.78, 5) is 27.2. The predicted molar refractivity (Wildman–Crippen MR) is 119 cm³/mol. The molecule has 0 heterocycles. The Labute approximate surface area is 181 Å². The van der Waals surface area contributed by atoms with Crippen molar-refractivity contribution in [2.24, 2.45) is 0 Å². The number of amides is 2. The summed E-state index contributed by atoms with van der Waals surface area (Å²) in [6.45, 7) is 7.88. The van der Waals surface area contributed by atoms with Crippen LogP contribution in [0.15, 0.2) is 53.0 Å². The van der Waals surface area contributed by atoms with Gasteiger partial charge in [0.05, 0.1) is 0 Å². The van der Waals surface area contributed by atoms with Crippen LogP contribution in [0.25, 0.3) is 0 Å². The van der Waals surface area contributed by atoms with Crippen LogP contribution in [0.2, 0.25) is 0 Å². The third-order valence-corrected chi connectivity index (χ3v) is 5.26. The molecule has 1 N–H and O–H groups in total. The van der Waals surface area contributed by atoms with Crippen LogP contribution in [0.5, 0.6) is 5.75 Å². The molecule has 0 aliphatic heterocycles. The van der Waals surface area contributed by atoms with Crippen LogP contribution in [-0.2, 0) is 16.1 Å². The van der Waals surface area contributed by atoms with Crippen molar-refractivity contribution in [3.8, 4) is 5.75 Å². The van der Waals surface area contributed by atoms with E-state index in [0.717, 1.165) is 22.0 Å². The molecule has 2 amide bonds. The van der Waals surface area contributed by atoms with Crippen LogP contribution >= 0.6 is 15.9 Å². The Morgan fingerprint density at radius 3 is 2.52 bits per heavy atom. The van der Waals surface area contributed by atoms with Crippen molar-refractivity contribution in [1.29, 1.82) is 0 Å². The molecule has 156 valence electrons. The molecule has 5 nitrogen and oxygen atoms in total. The highest BCUT2D eigenvalue weighted by molar-refractivity contribution is 9.10. The fraction of sp³-hybridized carbons (Fsp3) is 0.391. The first-order chi connectivity index (χ1) is 13.8. The van der Waals surface area contributed by atoms with E-state index in [1.165, 1.54) is 0 Å². The van der Waals surface area contributed by atoms with Gasteiger partial charge in [0.2, 0.25) is 5.91 Å². The largest absolute Gasteiger partial charge is 0.484 e. The molecule has 29 heavy (non-hydrogen) atoms. The van der Waals surface area contributed by atoms with Gasteiger partial charge in [-0.15, -0.1) is 0 Å². The molecule has 0 aliphatic carbocycles. The summed E-state index contributed by atoms with van der Waals surface area (Å²) in [5.74, 6) is 0.231. The summed E-state index contributed by atoms with van der Waals surface area (Å²) < 4.78 is 6.62. The van der Waals surface area contributed by atoms with Gasteiger partial charge in [0.1, 0.15) is 11.8 Å². The third kappa shape index (κ3) is 7.20. The highest BCUT2D eigenvalue weighted by Crippen LogP contribution is 2.17. The third-order valence-electron chi connectivity index (χ3n) is 4.76. The number of benzene rings is 2. The molecule has 2 rings (SSSR count). The summed E-state index contributed by atoms with van der Waals surface area (Å²) in [7, 11) is 0. The minimum Gasteiger partial charge on any atom is -0.484 e. The van der Waals surface area contributed by atoms with Gasteiger partial charge in [-0.3, -0.25) is 9.59 Å². The van der Waals surface area contributed by atoms with Gasteiger partial charge in [-0.25, -0.2) is 0 Å². The first-order valence-corrected chi connectivity index (χ1v) is 10.6. The summed E-state index contributed by atoms with van der Waals surface area (Å²) in [6, 6.07) is 14.7. The smallest absolute Gasteiger partial charge is 0.261 e. The van der Waals surface area contributed by atoms with Gasteiger partial charge in [0.25, 0.3) is 5.91 Å². The lowest BCUT2D eigenvalue weighted by Gasteiger charge is -2.29. The Morgan fingerprint density at radius 2 is 1.86 bits per heavy atom. The maximum Gasteiger partial charge on any atom is 0.261 e. The molecule has 0 aromatic heterocycles. The monoisotopic (exact) mass is 460 g/mol. The standard InChI is InChI=1S/C23H29BrN2O3/c1-5-17(3)25-23(28)18(4)26(14-19-9-7-10-20(24)13-19)22(27)15-29-21-11-6-8-16(2)12-21/h6-13,17-18H,5,14-15H2,1-4H3,(H,25,28)/t17-,18+/m1/s1. The Balaban J connectivity index is 2.15. The molecular formula is C23H29BrN2O3. The van der Waals surface area contributed by atoms with Crippen molar-refractivity contribution < 1.29 is 14.3 Å². The summed E-state index contributed by atoms with van der Waals surface area (Å²) in [6.07, 6.45) is 0.828. The fourth-order valence-electron chi connectivity index (χ4n) is 2.81. The number of ether oxygens (including phenoxy) is 1. The number of rotatable bonds is 9. The Kier molecular flexibility index (Phi) is 8.70. The minimum absolute atomic E-state index is 0.0521. The van der Waals surface area contributed by atoms with Gasteiger partial charge in [0, 0.05) is 17.1 Å². The lowest BCUT2D eigenvalue weighted by atomic mass is 10.1. The number of aryl methyl sites for hydroxylation is 1. The van der Waals surface area contributed by atoms with Gasteiger partial charge >= 0.3 is 0 Å². The number of hydrogen-bond donors (Lipinski definition) is 1. The number of nitrogens with zero attached hydrogens (tertiary/aromatic N) is 1. The molecule has 0 fully saturated rings. The topological polar surface area (TPSA) is 58.6 Å². The zero-order valence-corrected chi connectivity index (χ0v) is 19.0. The van der Waals surface area contributed by atoms with E-state index < -0.39 is 6.04 Å². The van der Waals surface area contributed by atoms with Crippen molar-refractivity contribution in [2.45, 2.75) is 52.7 Å². The molecule has 0 saturated carbocycles. The molecule has 0 spiro atoms. The van der Waals surface area contributed by atoms with Crippen molar-refractivity contribution in [3.63, 3.8) is 0 Å². The van der Waals surface area contributed by atoms with Crippen LogP contribution in [0.3, 0.4) is 0 Å². The molecule has 0 bridgehead atoms. The Bertz CT molecular complexity index is 840. The molecule has 2 aromatic rings. The average Bonchev–Trinajstić information content (AvgIpc) is 2.69. The van der Waals surface area contributed by atoms with Crippen LogP contribution in [0.1, 0.15) is 38.3 Å². The first kappa shape index (κ1) is 22.9. The van der Waals surface area contributed by atoms with E-state index in [0.29, 0.717) is 12.3 Å². The van der Waals surface area contributed by atoms with Crippen molar-refractivity contribution in [3.05, 3.63) is 64.1 Å². The minimum atomic E-state index is -0.614. The van der Waals surface area contributed by atoms with E-state index in [9.17, 15) is 9.59 Å². The molecule has 0 aliphatic rings. The van der Waals surface area contributed by atoms with Gasteiger partial charge < -0.3 is 15.0 Å². The van der Waals surface area contributed by atoms with Gasteiger partial charge in [-0.05, 0) is 62.6 Å². The number of halogens is 1. The van der Waals surface area contributed by atoms with Gasteiger partial charge in [-0.2, -0.15) is 0 Å². The zero-order chi connectivity index (χ0) is 21.4. The molecule has 0 unspecified atom stereocenters. The zero-order valence-electron chi connectivity index (χ0n) is 17.4. The molecule has 6 heteroatoms. The molecule has 0 saturated heterocycles. The fourth-order valence-corrected chi connectivity index (χ4v) is 3.26. The van der Waals surface area contributed by atoms with E-state index in [1.54, 1.807) is 11.8 Å². The van der Waals surface area contributed by atoms with E-state index in [-0.39, 0.29) is 24.5 Å². The quantitative estimate of drug-likeness (QED) is 0.600. The van der Waals surface area contributed by atoms with Crippen molar-refractivity contribution >= 4 is 27.7 Å². The van der Waals surface area contributed by atoms with Gasteiger partial charge in [-0.1, -0.05) is 47.1 Å². The maximum absolute atomic E-state index is 13.0. The maximum atomic E-state index is 13.0. The number of hydrogen-bond acceptors (Lipinski definition) is 3. The lowest BCUT2D eigenvalue weighted by molar-refractivity contribution is -0.142. The van der Waals surface area contributed by atoms with Gasteiger partial charge in [0.15, 0.2) is 6.61 Å². The molecule has 0 radical (unpaired) electrons. The highest BCUT2D eigenvalue weighted by atomic mass is 79.9. The highest BCUT2D eigenvalue weighted by Gasteiger charge is 2.27. The average molecular weight is 461 g/mol. The SMILES string of the molecule is CC[C@@H](C)NC(=O)[C@H](C)N(Cc1cccc(Br)c1)C(=O)COc1cccc(C)c1. The molecular weight excluding hydrogens is 432 g/mol. The van der Waals surface area contributed by atoms with Crippen LogP contribution in [0, 0.1) is 6.92 Å². The van der Waals surface area contributed by atoms with Crippen molar-refractivity contribution in [2.75, 3.05) is 6.61 Å². The summed E-state index contributed by atoms with van der Waals surface area (Å²) in [5.41, 5.74) is 1.99. The first-order valence-electron chi connectivity index (χ1n) is 9.84. The van der Waals surface area contributed by atoms with E-state index >= 15 is 0 Å². The second-order valence-corrected chi connectivity index (χ2v) is 8.17. The summed E-state index contributed by atoms with van der Waals surface area (Å²) >= 11 is 3.46.